The van der Waals surface area contributed by atoms with Crippen molar-refractivity contribution >= 4 is 22.6 Å². The molecule has 0 bridgehead atoms. The van der Waals surface area contributed by atoms with E-state index in [9.17, 15) is 0 Å². The highest BCUT2D eigenvalue weighted by Crippen LogP contribution is 2.29. The van der Waals surface area contributed by atoms with E-state index in [-0.39, 0.29) is 0 Å². The monoisotopic (exact) mass is 244 g/mol. The molecular formula is C12H9ClN4. The molecule has 1 aromatic carbocycles. The summed E-state index contributed by atoms with van der Waals surface area (Å²) in [5, 5.41) is 0.533. The summed E-state index contributed by atoms with van der Waals surface area (Å²) in [5.74, 6) is 0.692. The Hall–Kier alpha value is -1.94. The highest BCUT2D eigenvalue weighted by Gasteiger charge is 2.11. The molecule has 0 aliphatic carbocycles. The van der Waals surface area contributed by atoms with Crippen molar-refractivity contribution in [2.24, 2.45) is 0 Å². The first kappa shape index (κ1) is 10.2. The normalized spacial score (nSPS) is 10.9. The summed E-state index contributed by atoms with van der Waals surface area (Å²) in [6, 6.07) is 5.87. The number of imidazole rings is 1. The lowest BCUT2D eigenvalue weighted by molar-refractivity contribution is 1.06. The number of para-hydroxylation sites is 1. The molecule has 0 spiro atoms. The summed E-state index contributed by atoms with van der Waals surface area (Å²) in [6.07, 6.45) is 3.28. The molecule has 0 saturated heterocycles. The van der Waals surface area contributed by atoms with Crippen molar-refractivity contribution in [2.45, 2.75) is 6.92 Å². The van der Waals surface area contributed by atoms with Crippen molar-refractivity contribution in [1.82, 2.24) is 19.9 Å². The Kier molecular flexibility index (Phi) is 2.30. The molecule has 0 fully saturated rings. The number of aromatic amines is 1. The van der Waals surface area contributed by atoms with Crippen LogP contribution >= 0.6 is 11.6 Å². The molecule has 3 rings (SSSR count). The fourth-order valence-electron chi connectivity index (χ4n) is 1.80. The Morgan fingerprint density at radius 1 is 1.24 bits per heavy atom. The van der Waals surface area contributed by atoms with Crippen molar-refractivity contribution < 1.29 is 0 Å². The van der Waals surface area contributed by atoms with Crippen LogP contribution in [0.3, 0.4) is 0 Å². The van der Waals surface area contributed by atoms with E-state index < -0.39 is 0 Å². The van der Waals surface area contributed by atoms with Crippen LogP contribution in [0.25, 0.3) is 22.3 Å². The number of H-pyrrole nitrogens is 1. The van der Waals surface area contributed by atoms with Gasteiger partial charge in [-0.25, -0.2) is 15.0 Å². The highest BCUT2D eigenvalue weighted by atomic mass is 35.5. The van der Waals surface area contributed by atoms with Crippen LogP contribution in [0.5, 0.6) is 0 Å². The Balaban J connectivity index is 2.34. The Morgan fingerprint density at radius 3 is 3.00 bits per heavy atom. The molecule has 0 saturated carbocycles. The zero-order valence-corrected chi connectivity index (χ0v) is 9.86. The second kappa shape index (κ2) is 3.82. The van der Waals surface area contributed by atoms with Crippen LogP contribution in [0.4, 0.5) is 0 Å². The SMILES string of the molecule is Cc1ncc(Cl)c(-c2cccc3[nH]cnc23)n1. The summed E-state index contributed by atoms with van der Waals surface area (Å²) in [7, 11) is 0. The molecular weight excluding hydrogens is 236 g/mol. The summed E-state index contributed by atoms with van der Waals surface area (Å²) in [6.45, 7) is 1.84. The number of aryl methyl sites for hydroxylation is 1. The van der Waals surface area contributed by atoms with Gasteiger partial charge in [-0.2, -0.15) is 0 Å². The van der Waals surface area contributed by atoms with Crippen LogP contribution in [-0.2, 0) is 0 Å². The number of hydrogen-bond donors (Lipinski definition) is 1. The lowest BCUT2D eigenvalue weighted by Gasteiger charge is -2.04. The standard InChI is InChI=1S/C12H9ClN4/c1-7-14-5-9(13)11(17-7)8-3-2-4-10-12(8)16-6-15-10/h2-6H,1H3,(H,15,16). The first-order valence-electron chi connectivity index (χ1n) is 5.17. The molecule has 17 heavy (non-hydrogen) atoms. The smallest absolute Gasteiger partial charge is 0.125 e. The third-order valence-corrected chi connectivity index (χ3v) is 2.85. The van der Waals surface area contributed by atoms with Gasteiger partial charge in [-0.05, 0) is 13.0 Å². The van der Waals surface area contributed by atoms with E-state index in [4.69, 9.17) is 11.6 Å². The number of aromatic nitrogens is 4. The molecule has 0 aliphatic heterocycles. The Labute approximate surface area is 103 Å². The van der Waals surface area contributed by atoms with Gasteiger partial charge in [0.15, 0.2) is 0 Å². The van der Waals surface area contributed by atoms with Gasteiger partial charge in [0.2, 0.25) is 0 Å². The minimum Gasteiger partial charge on any atom is -0.345 e. The lowest BCUT2D eigenvalue weighted by Crippen LogP contribution is -1.92. The summed E-state index contributed by atoms with van der Waals surface area (Å²) in [4.78, 5) is 15.8. The minimum absolute atomic E-state index is 0.533. The molecule has 3 aromatic rings. The topological polar surface area (TPSA) is 54.5 Å². The van der Waals surface area contributed by atoms with Gasteiger partial charge in [0.05, 0.1) is 28.1 Å². The van der Waals surface area contributed by atoms with Crippen molar-refractivity contribution in [1.29, 1.82) is 0 Å². The number of nitrogens with one attached hydrogen (secondary N) is 1. The Morgan fingerprint density at radius 2 is 2.12 bits per heavy atom. The molecule has 84 valence electrons. The van der Waals surface area contributed by atoms with E-state index in [0.29, 0.717) is 10.8 Å². The van der Waals surface area contributed by atoms with Gasteiger partial charge < -0.3 is 4.98 Å². The molecule has 0 radical (unpaired) electrons. The molecule has 2 aromatic heterocycles. The third-order valence-electron chi connectivity index (χ3n) is 2.57. The van der Waals surface area contributed by atoms with Crippen molar-refractivity contribution in [3.63, 3.8) is 0 Å². The van der Waals surface area contributed by atoms with Crippen LogP contribution in [0.15, 0.2) is 30.7 Å². The van der Waals surface area contributed by atoms with Crippen LogP contribution < -0.4 is 0 Å². The maximum Gasteiger partial charge on any atom is 0.125 e. The van der Waals surface area contributed by atoms with Gasteiger partial charge in [-0.3, -0.25) is 0 Å². The van der Waals surface area contributed by atoms with Gasteiger partial charge in [0.1, 0.15) is 5.82 Å². The maximum absolute atomic E-state index is 6.14. The van der Waals surface area contributed by atoms with Crippen molar-refractivity contribution in [3.05, 3.63) is 41.6 Å². The predicted molar refractivity (Wildman–Crippen MR) is 66.9 cm³/mol. The average Bonchev–Trinajstić information content (AvgIpc) is 2.80. The van der Waals surface area contributed by atoms with Gasteiger partial charge in [-0.1, -0.05) is 23.7 Å². The van der Waals surface area contributed by atoms with E-state index >= 15 is 0 Å². The third kappa shape index (κ3) is 1.66. The van der Waals surface area contributed by atoms with Crippen LogP contribution in [0.2, 0.25) is 5.02 Å². The first-order chi connectivity index (χ1) is 8.25. The van der Waals surface area contributed by atoms with E-state index in [1.807, 2.05) is 25.1 Å². The zero-order valence-electron chi connectivity index (χ0n) is 9.11. The molecule has 1 N–H and O–H groups in total. The van der Waals surface area contributed by atoms with Gasteiger partial charge in [-0.15, -0.1) is 0 Å². The summed E-state index contributed by atoms with van der Waals surface area (Å²) < 4.78 is 0. The number of fused-ring (bicyclic) bond motifs is 1. The summed E-state index contributed by atoms with van der Waals surface area (Å²) >= 11 is 6.14. The average molecular weight is 245 g/mol. The molecule has 5 heteroatoms. The van der Waals surface area contributed by atoms with Gasteiger partial charge in [0.25, 0.3) is 0 Å². The number of halogens is 1. The maximum atomic E-state index is 6.14. The van der Waals surface area contributed by atoms with Gasteiger partial charge >= 0.3 is 0 Å². The molecule has 0 amide bonds. The first-order valence-corrected chi connectivity index (χ1v) is 5.55. The predicted octanol–water partition coefficient (Wildman–Crippen LogP) is 2.98. The van der Waals surface area contributed by atoms with E-state index in [2.05, 4.69) is 19.9 Å². The number of hydrogen-bond acceptors (Lipinski definition) is 3. The van der Waals surface area contributed by atoms with E-state index in [0.717, 1.165) is 22.3 Å². The zero-order chi connectivity index (χ0) is 11.8. The number of rotatable bonds is 1. The van der Waals surface area contributed by atoms with Crippen molar-refractivity contribution in [2.75, 3.05) is 0 Å². The summed E-state index contributed by atoms with van der Waals surface area (Å²) in [5.41, 5.74) is 3.47. The number of nitrogens with zero attached hydrogens (tertiary/aromatic N) is 3. The number of benzene rings is 1. The van der Waals surface area contributed by atoms with E-state index in [1.165, 1.54) is 0 Å². The second-order valence-corrected chi connectivity index (χ2v) is 4.13. The van der Waals surface area contributed by atoms with Crippen LogP contribution in [0, 0.1) is 6.92 Å². The molecule has 0 atom stereocenters. The van der Waals surface area contributed by atoms with Crippen LogP contribution in [-0.4, -0.2) is 19.9 Å². The largest absolute Gasteiger partial charge is 0.345 e. The molecule has 4 nitrogen and oxygen atoms in total. The minimum atomic E-state index is 0.533. The van der Waals surface area contributed by atoms with Crippen molar-refractivity contribution in [3.8, 4) is 11.3 Å². The second-order valence-electron chi connectivity index (χ2n) is 3.72. The molecule has 0 unspecified atom stereocenters. The highest BCUT2D eigenvalue weighted by molar-refractivity contribution is 6.33. The fraction of sp³-hybridized carbons (Fsp3) is 0.0833. The quantitative estimate of drug-likeness (QED) is 0.716. The Bertz CT molecular complexity index is 690. The molecule has 0 aliphatic rings. The van der Waals surface area contributed by atoms with Gasteiger partial charge in [0, 0.05) is 11.8 Å². The van der Waals surface area contributed by atoms with Crippen LogP contribution in [0.1, 0.15) is 5.82 Å². The molecule has 2 heterocycles. The van der Waals surface area contributed by atoms with E-state index in [1.54, 1.807) is 12.5 Å². The fourth-order valence-corrected chi connectivity index (χ4v) is 1.99. The lowest BCUT2D eigenvalue weighted by atomic mass is 10.1.